The fourth-order valence-corrected chi connectivity index (χ4v) is 3.28. The summed E-state index contributed by atoms with van der Waals surface area (Å²) in [5.74, 6) is 2.00. The highest BCUT2D eigenvalue weighted by atomic mass is 16.5. The van der Waals surface area contributed by atoms with Crippen molar-refractivity contribution in [3.8, 4) is 28.7 Å². The molecule has 0 saturated carbocycles. The van der Waals surface area contributed by atoms with Crippen molar-refractivity contribution in [1.29, 1.82) is 0 Å². The Morgan fingerprint density at radius 2 is 1.35 bits per heavy atom. The quantitative estimate of drug-likeness (QED) is 0.334. The van der Waals surface area contributed by atoms with Gasteiger partial charge in [0.05, 0.1) is 34.1 Å². The number of carbonyl (C=O) groups is 1. The fraction of sp³-hybridized carbons (Fsp3) is 0.148. The monoisotopic (exact) mass is 461 g/mol. The summed E-state index contributed by atoms with van der Waals surface area (Å²) in [6.45, 7) is 0. The minimum absolute atomic E-state index is 0.138. The summed E-state index contributed by atoms with van der Waals surface area (Å²) >= 11 is 0. The van der Waals surface area contributed by atoms with Crippen molar-refractivity contribution in [2.24, 2.45) is 0 Å². The third kappa shape index (κ3) is 6.10. The van der Waals surface area contributed by atoms with E-state index in [4.69, 9.17) is 18.9 Å². The zero-order chi connectivity index (χ0) is 24.5. The molecule has 0 aliphatic carbocycles. The van der Waals surface area contributed by atoms with Gasteiger partial charge in [-0.3, -0.25) is 4.79 Å². The van der Waals surface area contributed by atoms with Gasteiger partial charge in [-0.25, -0.2) is 0 Å². The lowest BCUT2D eigenvalue weighted by molar-refractivity contribution is -0.111. The van der Waals surface area contributed by atoms with Crippen molar-refractivity contribution in [3.63, 3.8) is 0 Å². The highest BCUT2D eigenvalue weighted by Gasteiger charge is 2.12. The van der Waals surface area contributed by atoms with E-state index in [2.05, 4.69) is 5.32 Å². The van der Waals surface area contributed by atoms with E-state index in [1.165, 1.54) is 6.08 Å². The van der Waals surface area contributed by atoms with Crippen molar-refractivity contribution < 1.29 is 28.8 Å². The van der Waals surface area contributed by atoms with Crippen LogP contribution in [0.1, 0.15) is 16.7 Å². The first-order valence-corrected chi connectivity index (χ1v) is 10.4. The number of nitrogens with one attached hydrogen (secondary N) is 1. The van der Waals surface area contributed by atoms with Crippen molar-refractivity contribution in [1.82, 2.24) is 0 Å². The van der Waals surface area contributed by atoms with Crippen LogP contribution in [-0.4, -0.2) is 39.5 Å². The lowest BCUT2D eigenvalue weighted by Crippen LogP contribution is -2.09. The summed E-state index contributed by atoms with van der Waals surface area (Å²) in [6.07, 6.45) is 6.84. The van der Waals surface area contributed by atoms with Gasteiger partial charge in [0.15, 0.2) is 11.5 Å². The maximum absolute atomic E-state index is 12.3. The molecule has 3 aromatic carbocycles. The first-order valence-electron chi connectivity index (χ1n) is 10.4. The largest absolute Gasteiger partial charge is 0.508 e. The van der Waals surface area contributed by atoms with Crippen molar-refractivity contribution >= 4 is 29.8 Å². The van der Waals surface area contributed by atoms with Crippen LogP contribution in [0, 0.1) is 0 Å². The minimum atomic E-state index is -0.317. The van der Waals surface area contributed by atoms with Gasteiger partial charge >= 0.3 is 0 Å². The van der Waals surface area contributed by atoms with Gasteiger partial charge in [0, 0.05) is 6.08 Å². The lowest BCUT2D eigenvalue weighted by Gasteiger charge is -2.13. The number of anilines is 1. The smallest absolute Gasteiger partial charge is 0.248 e. The third-order valence-electron chi connectivity index (χ3n) is 4.94. The summed E-state index contributed by atoms with van der Waals surface area (Å²) in [5.41, 5.74) is 2.99. The van der Waals surface area contributed by atoms with Crippen LogP contribution in [0.2, 0.25) is 0 Å². The number of benzene rings is 3. The van der Waals surface area contributed by atoms with Crippen LogP contribution in [0.25, 0.3) is 18.2 Å². The van der Waals surface area contributed by atoms with Crippen LogP contribution in [0.4, 0.5) is 5.69 Å². The van der Waals surface area contributed by atoms with E-state index in [0.717, 1.165) is 16.7 Å². The van der Waals surface area contributed by atoms with Crippen molar-refractivity contribution in [3.05, 3.63) is 77.4 Å². The molecule has 0 spiro atoms. The number of ether oxygens (including phenoxy) is 4. The van der Waals surface area contributed by atoms with Crippen LogP contribution in [0.3, 0.4) is 0 Å². The van der Waals surface area contributed by atoms with Gasteiger partial charge in [0.25, 0.3) is 0 Å². The van der Waals surface area contributed by atoms with E-state index in [0.29, 0.717) is 28.7 Å². The first kappa shape index (κ1) is 24.3. The molecule has 0 saturated heterocycles. The van der Waals surface area contributed by atoms with E-state index in [1.807, 2.05) is 36.4 Å². The molecule has 0 atom stereocenters. The molecule has 3 rings (SSSR count). The number of phenols is 1. The Hall–Kier alpha value is -4.39. The number of hydrogen-bond acceptors (Lipinski definition) is 6. The molecule has 0 bridgehead atoms. The average Bonchev–Trinajstić information content (AvgIpc) is 2.86. The molecule has 176 valence electrons. The third-order valence-corrected chi connectivity index (χ3v) is 4.94. The minimum Gasteiger partial charge on any atom is -0.508 e. The van der Waals surface area contributed by atoms with Gasteiger partial charge in [-0.2, -0.15) is 0 Å². The second-order valence-electron chi connectivity index (χ2n) is 7.17. The normalized spacial score (nSPS) is 10.9. The molecule has 7 heteroatoms. The van der Waals surface area contributed by atoms with Gasteiger partial charge in [-0.05, 0) is 59.2 Å². The van der Waals surface area contributed by atoms with Crippen LogP contribution in [0.15, 0.2) is 60.7 Å². The van der Waals surface area contributed by atoms with Crippen molar-refractivity contribution in [2.75, 3.05) is 33.8 Å². The highest BCUT2D eigenvalue weighted by molar-refractivity contribution is 6.02. The van der Waals surface area contributed by atoms with Gasteiger partial charge in [0.1, 0.15) is 11.5 Å². The maximum Gasteiger partial charge on any atom is 0.248 e. The van der Waals surface area contributed by atoms with Crippen LogP contribution in [0.5, 0.6) is 28.7 Å². The van der Waals surface area contributed by atoms with E-state index < -0.39 is 0 Å². The molecule has 3 aromatic rings. The molecule has 1 amide bonds. The Labute approximate surface area is 198 Å². The summed E-state index contributed by atoms with van der Waals surface area (Å²) in [6, 6.07) is 15.8. The zero-order valence-corrected chi connectivity index (χ0v) is 19.5. The molecule has 0 aromatic heterocycles. The molecule has 0 radical (unpaired) electrons. The number of hydrogen-bond donors (Lipinski definition) is 2. The fourth-order valence-electron chi connectivity index (χ4n) is 3.28. The second kappa shape index (κ2) is 11.5. The summed E-state index contributed by atoms with van der Waals surface area (Å²) in [7, 11) is 6.24. The van der Waals surface area contributed by atoms with E-state index in [-0.39, 0.29) is 11.7 Å². The zero-order valence-electron chi connectivity index (χ0n) is 19.5. The topological polar surface area (TPSA) is 86.3 Å². The molecule has 7 nitrogen and oxygen atoms in total. The molecule has 0 aliphatic rings. The lowest BCUT2D eigenvalue weighted by atomic mass is 10.1. The second-order valence-corrected chi connectivity index (χ2v) is 7.17. The molecule has 34 heavy (non-hydrogen) atoms. The molecule has 0 unspecified atom stereocenters. The standard InChI is InChI=1S/C27H27NO6/c1-31-23-15-19(8-9-20-16-24(32-2)27(34-4)25(17-20)33-3)10-12-22(23)28-26(30)13-11-18-6-5-7-21(29)14-18/h5-17,29H,1-4H3,(H,28,30)/b9-8+,13-11+. The van der Waals surface area contributed by atoms with E-state index in [9.17, 15) is 9.90 Å². The average molecular weight is 462 g/mol. The molecule has 0 fully saturated rings. The maximum atomic E-state index is 12.3. The van der Waals surface area contributed by atoms with Gasteiger partial charge in [-0.15, -0.1) is 0 Å². The Kier molecular flexibility index (Phi) is 8.18. The van der Waals surface area contributed by atoms with Gasteiger partial charge < -0.3 is 29.4 Å². The van der Waals surface area contributed by atoms with E-state index >= 15 is 0 Å². The predicted molar refractivity (Wildman–Crippen MR) is 134 cm³/mol. The Balaban J connectivity index is 1.76. The first-order chi connectivity index (χ1) is 16.5. The van der Waals surface area contributed by atoms with Gasteiger partial charge in [-0.1, -0.05) is 30.4 Å². The Bertz CT molecular complexity index is 1190. The number of methoxy groups -OCH3 is 4. The molecular weight excluding hydrogens is 434 g/mol. The van der Waals surface area contributed by atoms with Crippen LogP contribution >= 0.6 is 0 Å². The SMILES string of the molecule is COc1cc(/C=C/c2cc(OC)c(OC)c(OC)c2)ccc1NC(=O)/C=C/c1cccc(O)c1. The van der Waals surface area contributed by atoms with Gasteiger partial charge in [0.2, 0.25) is 11.7 Å². The Morgan fingerprint density at radius 1 is 0.735 bits per heavy atom. The number of amides is 1. The van der Waals surface area contributed by atoms with Crippen LogP contribution in [-0.2, 0) is 4.79 Å². The summed E-state index contributed by atoms with van der Waals surface area (Å²) in [5, 5.41) is 12.3. The summed E-state index contributed by atoms with van der Waals surface area (Å²) < 4.78 is 21.6. The Morgan fingerprint density at radius 3 is 1.97 bits per heavy atom. The number of carbonyl (C=O) groups excluding carboxylic acids is 1. The van der Waals surface area contributed by atoms with Crippen LogP contribution < -0.4 is 24.3 Å². The number of aromatic hydroxyl groups is 1. The van der Waals surface area contributed by atoms with Crippen molar-refractivity contribution in [2.45, 2.75) is 0 Å². The molecule has 0 heterocycles. The summed E-state index contributed by atoms with van der Waals surface area (Å²) in [4.78, 5) is 12.3. The molecular formula is C27H27NO6. The number of phenolic OH excluding ortho intramolecular Hbond substituents is 1. The number of rotatable bonds is 9. The predicted octanol–water partition coefficient (Wildman–Crippen LogP) is 5.25. The molecule has 0 aliphatic heterocycles. The highest BCUT2D eigenvalue weighted by Crippen LogP contribution is 2.38. The van der Waals surface area contributed by atoms with E-state index in [1.54, 1.807) is 64.8 Å². The molecule has 2 N–H and O–H groups in total.